The Balaban J connectivity index is 1.60. The van der Waals surface area contributed by atoms with E-state index < -0.39 is 0 Å². The van der Waals surface area contributed by atoms with Crippen LogP contribution >= 0.6 is 0 Å². The number of carbonyl (C=O) groups is 1. The molecule has 0 aliphatic carbocycles. The van der Waals surface area contributed by atoms with Crippen molar-refractivity contribution in [1.29, 1.82) is 0 Å². The Morgan fingerprint density at radius 1 is 1.12 bits per heavy atom. The van der Waals surface area contributed by atoms with E-state index in [2.05, 4.69) is 10.1 Å². The standard InChI is InChI=1S/C20H15N3O3/c1-12-20(15-4-2-3-7-21-15)16-8-14(10-19(24)23(16)22-12)13-5-6-17-18(9-13)26-11-25-17/h2-7,9-10H,8,11H2,1H3. The van der Waals surface area contributed by atoms with E-state index in [9.17, 15) is 4.79 Å². The van der Waals surface area contributed by atoms with E-state index in [-0.39, 0.29) is 12.7 Å². The molecule has 3 aromatic rings. The Labute approximate surface area is 149 Å². The zero-order valence-electron chi connectivity index (χ0n) is 14.1. The highest BCUT2D eigenvalue weighted by molar-refractivity contribution is 6.00. The van der Waals surface area contributed by atoms with Gasteiger partial charge in [-0.1, -0.05) is 12.1 Å². The summed E-state index contributed by atoms with van der Waals surface area (Å²) in [7, 11) is 0. The SMILES string of the molecule is Cc1nn2c(c1-c1ccccn1)CC(c1ccc3c(c1)OCO3)=CC2=O. The van der Waals surface area contributed by atoms with Gasteiger partial charge in [-0.3, -0.25) is 9.78 Å². The first-order chi connectivity index (χ1) is 12.7. The number of hydrogen-bond donors (Lipinski definition) is 0. The second-order valence-corrected chi connectivity index (χ2v) is 6.29. The number of allylic oxidation sites excluding steroid dienone is 2. The normalized spacial score (nSPS) is 15.0. The molecule has 0 spiro atoms. The van der Waals surface area contributed by atoms with Crippen molar-refractivity contribution in [2.45, 2.75) is 13.3 Å². The Morgan fingerprint density at radius 2 is 2.00 bits per heavy atom. The van der Waals surface area contributed by atoms with Gasteiger partial charge in [0.05, 0.1) is 17.1 Å². The first-order valence-electron chi connectivity index (χ1n) is 8.35. The summed E-state index contributed by atoms with van der Waals surface area (Å²) in [6.07, 6.45) is 3.98. The second kappa shape index (κ2) is 5.56. The minimum atomic E-state index is -0.149. The van der Waals surface area contributed by atoms with Crippen LogP contribution in [0.1, 0.15) is 21.7 Å². The Hall–Kier alpha value is -3.41. The lowest BCUT2D eigenvalue weighted by Crippen LogP contribution is -2.19. The summed E-state index contributed by atoms with van der Waals surface area (Å²) in [5, 5.41) is 4.43. The van der Waals surface area contributed by atoms with Crippen LogP contribution in [0.5, 0.6) is 11.5 Å². The van der Waals surface area contributed by atoms with Crippen molar-refractivity contribution in [3.8, 4) is 22.8 Å². The smallest absolute Gasteiger partial charge is 0.271 e. The fourth-order valence-corrected chi connectivity index (χ4v) is 3.49. The van der Waals surface area contributed by atoms with Gasteiger partial charge in [0, 0.05) is 24.3 Å². The highest BCUT2D eigenvalue weighted by Crippen LogP contribution is 2.37. The molecule has 0 unspecified atom stereocenters. The quantitative estimate of drug-likeness (QED) is 0.713. The summed E-state index contributed by atoms with van der Waals surface area (Å²) in [5.41, 5.74) is 5.28. The molecule has 4 heterocycles. The Bertz CT molecular complexity index is 1070. The van der Waals surface area contributed by atoms with E-state index in [0.717, 1.165) is 39.5 Å². The summed E-state index contributed by atoms with van der Waals surface area (Å²) in [6.45, 7) is 2.13. The molecule has 1 aromatic carbocycles. The molecule has 0 saturated heterocycles. The van der Waals surface area contributed by atoms with Gasteiger partial charge in [-0.05, 0) is 42.3 Å². The summed E-state index contributed by atoms with van der Waals surface area (Å²) in [6, 6.07) is 11.5. The lowest BCUT2D eigenvalue weighted by molar-refractivity contribution is 0.0948. The minimum Gasteiger partial charge on any atom is -0.454 e. The number of aryl methyl sites for hydroxylation is 1. The number of aromatic nitrogens is 3. The van der Waals surface area contributed by atoms with Crippen LogP contribution < -0.4 is 9.47 Å². The van der Waals surface area contributed by atoms with Crippen LogP contribution in [-0.4, -0.2) is 27.5 Å². The zero-order valence-corrected chi connectivity index (χ0v) is 14.1. The molecule has 5 rings (SSSR count). The minimum absolute atomic E-state index is 0.149. The molecule has 0 amide bonds. The van der Waals surface area contributed by atoms with Gasteiger partial charge in [0.25, 0.3) is 5.91 Å². The second-order valence-electron chi connectivity index (χ2n) is 6.29. The van der Waals surface area contributed by atoms with Crippen molar-refractivity contribution < 1.29 is 14.3 Å². The van der Waals surface area contributed by atoms with E-state index in [4.69, 9.17) is 9.47 Å². The number of fused-ring (bicyclic) bond motifs is 2. The van der Waals surface area contributed by atoms with Crippen LogP contribution in [0.15, 0.2) is 48.7 Å². The van der Waals surface area contributed by atoms with Crippen LogP contribution in [0.25, 0.3) is 16.8 Å². The first-order valence-corrected chi connectivity index (χ1v) is 8.35. The maximum absolute atomic E-state index is 12.6. The Morgan fingerprint density at radius 3 is 2.85 bits per heavy atom. The molecule has 0 N–H and O–H groups in total. The van der Waals surface area contributed by atoms with Gasteiger partial charge in [-0.15, -0.1) is 0 Å². The van der Waals surface area contributed by atoms with Crippen molar-refractivity contribution in [2.24, 2.45) is 0 Å². The molecule has 6 nitrogen and oxygen atoms in total. The fourth-order valence-electron chi connectivity index (χ4n) is 3.49. The van der Waals surface area contributed by atoms with Crippen LogP contribution in [0, 0.1) is 6.92 Å². The van der Waals surface area contributed by atoms with Crippen molar-refractivity contribution in [1.82, 2.24) is 14.8 Å². The zero-order chi connectivity index (χ0) is 17.7. The monoisotopic (exact) mass is 345 g/mol. The third-order valence-electron chi connectivity index (χ3n) is 4.68. The molecule has 2 aromatic heterocycles. The predicted molar refractivity (Wildman–Crippen MR) is 95.1 cm³/mol. The van der Waals surface area contributed by atoms with E-state index in [1.165, 1.54) is 4.68 Å². The molecule has 0 fully saturated rings. The van der Waals surface area contributed by atoms with Crippen molar-refractivity contribution in [2.75, 3.05) is 6.79 Å². The van der Waals surface area contributed by atoms with Crippen molar-refractivity contribution >= 4 is 11.5 Å². The number of benzene rings is 1. The van der Waals surface area contributed by atoms with E-state index >= 15 is 0 Å². The van der Waals surface area contributed by atoms with Crippen LogP contribution in [0.3, 0.4) is 0 Å². The van der Waals surface area contributed by atoms with Gasteiger partial charge in [0.15, 0.2) is 11.5 Å². The molecule has 26 heavy (non-hydrogen) atoms. The molecule has 128 valence electrons. The maximum atomic E-state index is 12.6. The first kappa shape index (κ1) is 14.9. The summed E-state index contributed by atoms with van der Waals surface area (Å²) in [5.74, 6) is 1.28. The lowest BCUT2D eigenvalue weighted by atomic mass is 9.95. The van der Waals surface area contributed by atoms with Crippen LogP contribution in [0.4, 0.5) is 0 Å². The van der Waals surface area contributed by atoms with Gasteiger partial charge in [0.2, 0.25) is 6.79 Å². The number of pyridine rings is 1. The highest BCUT2D eigenvalue weighted by atomic mass is 16.7. The number of nitrogens with zero attached hydrogens (tertiary/aromatic N) is 3. The topological polar surface area (TPSA) is 66.2 Å². The van der Waals surface area contributed by atoms with E-state index in [1.54, 1.807) is 12.3 Å². The predicted octanol–water partition coefficient (Wildman–Crippen LogP) is 3.26. The Kier molecular flexibility index (Phi) is 3.18. The lowest BCUT2D eigenvalue weighted by Gasteiger charge is -2.16. The highest BCUT2D eigenvalue weighted by Gasteiger charge is 2.26. The molecule has 6 heteroatoms. The van der Waals surface area contributed by atoms with Crippen LogP contribution in [-0.2, 0) is 6.42 Å². The molecular weight excluding hydrogens is 330 g/mol. The van der Waals surface area contributed by atoms with Gasteiger partial charge in [-0.25, -0.2) is 0 Å². The average molecular weight is 345 g/mol. The fraction of sp³-hybridized carbons (Fsp3) is 0.150. The number of hydrogen-bond acceptors (Lipinski definition) is 5. The molecule has 0 radical (unpaired) electrons. The molecular formula is C20H15N3O3. The van der Waals surface area contributed by atoms with Crippen molar-refractivity contribution in [3.63, 3.8) is 0 Å². The molecule has 0 atom stereocenters. The third kappa shape index (κ3) is 2.23. The maximum Gasteiger partial charge on any atom is 0.271 e. The summed E-state index contributed by atoms with van der Waals surface area (Å²) < 4.78 is 12.3. The van der Waals surface area contributed by atoms with Crippen molar-refractivity contribution in [3.05, 3.63) is 65.6 Å². The molecule has 0 saturated carbocycles. The van der Waals surface area contributed by atoms with Gasteiger partial charge in [0.1, 0.15) is 0 Å². The summed E-state index contributed by atoms with van der Waals surface area (Å²) in [4.78, 5) is 17.1. The number of ether oxygens (including phenoxy) is 2. The van der Waals surface area contributed by atoms with Gasteiger partial charge >= 0.3 is 0 Å². The molecule has 2 aliphatic heterocycles. The number of rotatable bonds is 2. The van der Waals surface area contributed by atoms with Gasteiger partial charge < -0.3 is 9.47 Å². The summed E-state index contributed by atoms with van der Waals surface area (Å²) >= 11 is 0. The van der Waals surface area contributed by atoms with E-state index in [1.807, 2.05) is 43.3 Å². The average Bonchev–Trinajstić information content (AvgIpc) is 3.25. The van der Waals surface area contributed by atoms with Crippen LogP contribution in [0.2, 0.25) is 0 Å². The third-order valence-corrected chi connectivity index (χ3v) is 4.68. The molecule has 2 aliphatic rings. The molecule has 0 bridgehead atoms. The largest absolute Gasteiger partial charge is 0.454 e. The number of carbonyl (C=O) groups excluding carboxylic acids is 1. The van der Waals surface area contributed by atoms with Gasteiger partial charge in [-0.2, -0.15) is 9.78 Å². The van der Waals surface area contributed by atoms with E-state index in [0.29, 0.717) is 12.2 Å².